The predicted octanol–water partition coefficient (Wildman–Crippen LogP) is 2.31. The van der Waals surface area contributed by atoms with Crippen molar-refractivity contribution < 1.29 is 22.8 Å². The zero-order chi connectivity index (χ0) is 23.6. The SMILES string of the molecule is C[C@@H](C(=O)NC1CCCC1)N(Cc1ccccc1)C(=O)CN1C(=O)c2ccccc2S1(=O)=O. The molecule has 4 rings (SSSR count). The summed E-state index contributed by atoms with van der Waals surface area (Å²) < 4.78 is 26.4. The van der Waals surface area contributed by atoms with Crippen LogP contribution >= 0.6 is 0 Å². The normalized spacial score (nSPS) is 18.1. The van der Waals surface area contributed by atoms with Gasteiger partial charge < -0.3 is 10.2 Å². The molecular weight excluding hydrogens is 442 g/mol. The number of fused-ring (bicyclic) bond motifs is 1. The molecule has 3 amide bonds. The molecule has 1 fully saturated rings. The van der Waals surface area contributed by atoms with Crippen molar-refractivity contribution in [1.82, 2.24) is 14.5 Å². The molecule has 1 atom stereocenters. The lowest BCUT2D eigenvalue weighted by atomic mass is 10.1. The largest absolute Gasteiger partial charge is 0.352 e. The van der Waals surface area contributed by atoms with Crippen LogP contribution in [0.15, 0.2) is 59.5 Å². The first-order chi connectivity index (χ1) is 15.8. The minimum atomic E-state index is -4.13. The highest BCUT2D eigenvalue weighted by Gasteiger charge is 2.43. The monoisotopic (exact) mass is 469 g/mol. The Bertz CT molecular complexity index is 1160. The van der Waals surface area contributed by atoms with E-state index in [2.05, 4.69) is 5.32 Å². The highest BCUT2D eigenvalue weighted by atomic mass is 32.2. The second kappa shape index (κ2) is 9.35. The van der Waals surface area contributed by atoms with Crippen LogP contribution in [0.2, 0.25) is 0 Å². The first-order valence-corrected chi connectivity index (χ1v) is 12.5. The van der Waals surface area contributed by atoms with Crippen molar-refractivity contribution in [3.8, 4) is 0 Å². The molecule has 2 aromatic rings. The van der Waals surface area contributed by atoms with Gasteiger partial charge in [0.05, 0.1) is 5.56 Å². The lowest BCUT2D eigenvalue weighted by Gasteiger charge is -2.31. The maximum Gasteiger partial charge on any atom is 0.269 e. The van der Waals surface area contributed by atoms with Crippen LogP contribution in [0.3, 0.4) is 0 Å². The summed E-state index contributed by atoms with van der Waals surface area (Å²) in [5.74, 6) is -1.63. The van der Waals surface area contributed by atoms with Gasteiger partial charge in [0.15, 0.2) is 0 Å². The van der Waals surface area contributed by atoms with Crippen LogP contribution in [0.4, 0.5) is 0 Å². The quantitative estimate of drug-likeness (QED) is 0.670. The van der Waals surface area contributed by atoms with Crippen LogP contribution in [-0.2, 0) is 26.2 Å². The molecule has 8 nitrogen and oxygen atoms in total. The minimum absolute atomic E-state index is 0.0481. The number of carbonyl (C=O) groups excluding carboxylic acids is 3. The van der Waals surface area contributed by atoms with Crippen molar-refractivity contribution in [1.29, 1.82) is 0 Å². The Balaban J connectivity index is 1.56. The van der Waals surface area contributed by atoms with Gasteiger partial charge in [0.25, 0.3) is 15.9 Å². The van der Waals surface area contributed by atoms with Crippen LogP contribution in [0.25, 0.3) is 0 Å². The van der Waals surface area contributed by atoms with Crippen molar-refractivity contribution >= 4 is 27.7 Å². The van der Waals surface area contributed by atoms with Gasteiger partial charge >= 0.3 is 0 Å². The number of amides is 3. The number of sulfonamides is 1. The Morgan fingerprint density at radius 1 is 1.06 bits per heavy atom. The van der Waals surface area contributed by atoms with Gasteiger partial charge in [0.1, 0.15) is 17.5 Å². The number of carbonyl (C=O) groups is 3. The first-order valence-electron chi connectivity index (χ1n) is 11.1. The molecule has 2 aliphatic rings. The second-order valence-electron chi connectivity index (χ2n) is 8.49. The van der Waals surface area contributed by atoms with Crippen LogP contribution in [-0.4, -0.2) is 54.0 Å². The summed E-state index contributed by atoms with van der Waals surface area (Å²) in [5, 5.41) is 3.00. The van der Waals surface area contributed by atoms with Gasteiger partial charge in [-0.15, -0.1) is 0 Å². The number of hydrogen-bond acceptors (Lipinski definition) is 5. The fourth-order valence-corrected chi connectivity index (χ4v) is 5.87. The van der Waals surface area contributed by atoms with Crippen LogP contribution < -0.4 is 5.32 Å². The highest BCUT2D eigenvalue weighted by Crippen LogP contribution is 2.30. The number of benzene rings is 2. The highest BCUT2D eigenvalue weighted by molar-refractivity contribution is 7.90. The summed E-state index contributed by atoms with van der Waals surface area (Å²) in [4.78, 5) is 40.3. The van der Waals surface area contributed by atoms with E-state index in [9.17, 15) is 22.8 Å². The summed E-state index contributed by atoms with van der Waals surface area (Å²) in [6, 6.07) is 14.3. The Labute approximate surface area is 193 Å². The third-order valence-electron chi connectivity index (χ3n) is 6.26. The maximum atomic E-state index is 13.4. The molecule has 33 heavy (non-hydrogen) atoms. The van der Waals surface area contributed by atoms with E-state index in [1.54, 1.807) is 13.0 Å². The molecule has 174 valence electrons. The van der Waals surface area contributed by atoms with Gasteiger partial charge in [0.2, 0.25) is 11.8 Å². The fraction of sp³-hybridized carbons (Fsp3) is 0.375. The zero-order valence-corrected chi connectivity index (χ0v) is 19.3. The molecule has 0 aromatic heterocycles. The van der Waals surface area contributed by atoms with Gasteiger partial charge in [-0.1, -0.05) is 55.3 Å². The van der Waals surface area contributed by atoms with E-state index in [4.69, 9.17) is 0 Å². The van der Waals surface area contributed by atoms with Gasteiger partial charge in [-0.25, -0.2) is 12.7 Å². The molecule has 0 unspecified atom stereocenters. The van der Waals surface area contributed by atoms with Crippen LogP contribution in [0.5, 0.6) is 0 Å². The van der Waals surface area contributed by atoms with Gasteiger partial charge in [-0.05, 0) is 37.5 Å². The molecule has 9 heteroatoms. The molecule has 1 aliphatic heterocycles. The molecular formula is C24H27N3O5S. The summed E-state index contributed by atoms with van der Waals surface area (Å²) in [7, 11) is -4.13. The number of nitrogens with zero attached hydrogens (tertiary/aromatic N) is 2. The number of rotatable bonds is 7. The van der Waals surface area contributed by atoms with Crippen LogP contribution in [0, 0.1) is 0 Å². The molecule has 1 saturated carbocycles. The Kier molecular flexibility index (Phi) is 6.51. The minimum Gasteiger partial charge on any atom is -0.352 e. The molecule has 1 aliphatic carbocycles. The topological polar surface area (TPSA) is 104 Å². The van der Waals surface area contributed by atoms with Crippen molar-refractivity contribution in [2.45, 2.75) is 56.1 Å². The lowest BCUT2D eigenvalue weighted by molar-refractivity contribution is -0.140. The smallest absolute Gasteiger partial charge is 0.269 e. The van der Waals surface area contributed by atoms with E-state index in [1.165, 1.54) is 23.1 Å². The summed E-state index contributed by atoms with van der Waals surface area (Å²) in [6.45, 7) is 1.08. The lowest BCUT2D eigenvalue weighted by Crippen LogP contribution is -2.52. The first kappa shape index (κ1) is 23.0. The standard InChI is InChI=1S/C24H27N3O5S/c1-17(23(29)25-19-11-5-6-12-19)26(15-18-9-3-2-4-10-18)22(28)16-27-24(30)20-13-7-8-14-21(20)33(27,31)32/h2-4,7-10,13-14,17,19H,5-6,11-12,15-16H2,1H3,(H,25,29)/t17-/m0/s1. The van der Waals surface area contributed by atoms with Gasteiger partial charge in [-0.2, -0.15) is 0 Å². The molecule has 0 saturated heterocycles. The van der Waals surface area contributed by atoms with E-state index in [0.29, 0.717) is 4.31 Å². The second-order valence-corrected chi connectivity index (χ2v) is 10.3. The molecule has 0 spiro atoms. The molecule has 0 bridgehead atoms. The maximum absolute atomic E-state index is 13.4. The van der Waals surface area contributed by atoms with E-state index < -0.39 is 34.4 Å². The Hall–Kier alpha value is -3.20. The van der Waals surface area contributed by atoms with Gasteiger partial charge in [-0.3, -0.25) is 14.4 Å². The Morgan fingerprint density at radius 3 is 2.36 bits per heavy atom. The van der Waals surface area contributed by atoms with Crippen molar-refractivity contribution in [3.63, 3.8) is 0 Å². The molecule has 0 radical (unpaired) electrons. The predicted molar refractivity (Wildman–Crippen MR) is 122 cm³/mol. The zero-order valence-electron chi connectivity index (χ0n) is 18.4. The summed E-state index contributed by atoms with van der Waals surface area (Å²) >= 11 is 0. The van der Waals surface area contributed by atoms with Crippen molar-refractivity contribution in [3.05, 3.63) is 65.7 Å². The third kappa shape index (κ3) is 4.64. The van der Waals surface area contributed by atoms with E-state index in [1.807, 2.05) is 30.3 Å². The fourth-order valence-electron chi connectivity index (χ4n) is 4.36. The molecule has 2 aromatic carbocycles. The Morgan fingerprint density at radius 2 is 1.70 bits per heavy atom. The van der Waals surface area contributed by atoms with Gasteiger partial charge in [0, 0.05) is 12.6 Å². The van der Waals surface area contributed by atoms with Crippen molar-refractivity contribution in [2.24, 2.45) is 0 Å². The third-order valence-corrected chi connectivity index (χ3v) is 8.04. The number of hydrogen-bond donors (Lipinski definition) is 1. The van der Waals surface area contributed by atoms with E-state index in [0.717, 1.165) is 31.2 Å². The van der Waals surface area contributed by atoms with Crippen molar-refractivity contribution in [2.75, 3.05) is 6.54 Å². The average Bonchev–Trinajstić information content (AvgIpc) is 3.39. The molecule has 1 N–H and O–H groups in total. The molecule has 1 heterocycles. The van der Waals surface area contributed by atoms with E-state index >= 15 is 0 Å². The summed E-state index contributed by atoms with van der Waals surface area (Å²) in [6.07, 6.45) is 3.93. The van der Waals surface area contributed by atoms with E-state index in [-0.39, 0.29) is 29.0 Å². The number of nitrogens with one attached hydrogen (secondary N) is 1. The average molecular weight is 470 g/mol. The van der Waals surface area contributed by atoms with Crippen LogP contribution in [0.1, 0.15) is 48.5 Å². The summed E-state index contributed by atoms with van der Waals surface area (Å²) in [5.41, 5.74) is 0.845.